The summed E-state index contributed by atoms with van der Waals surface area (Å²) in [6, 6.07) is 14.6. The lowest BCUT2D eigenvalue weighted by Gasteiger charge is -2.23. The summed E-state index contributed by atoms with van der Waals surface area (Å²) in [6.45, 7) is 2.25. The molecule has 0 saturated carbocycles. The number of hydrogen-bond acceptors (Lipinski definition) is 2. The molecule has 2 aromatic carbocycles. The SMILES string of the molecule is Cl.Fc1ccc(NCc2ccc(N(CCCl)CCCl)cc2)cc1. The summed E-state index contributed by atoms with van der Waals surface area (Å²) < 4.78 is 12.8. The van der Waals surface area contributed by atoms with E-state index in [1.165, 1.54) is 12.1 Å². The van der Waals surface area contributed by atoms with Crippen LogP contribution in [0.25, 0.3) is 0 Å². The predicted octanol–water partition coefficient (Wildman–Crippen LogP) is 5.14. The van der Waals surface area contributed by atoms with Crippen molar-refractivity contribution in [2.75, 3.05) is 35.1 Å². The first-order valence-corrected chi connectivity index (χ1v) is 8.25. The molecule has 1 N–H and O–H groups in total. The van der Waals surface area contributed by atoms with E-state index in [4.69, 9.17) is 23.2 Å². The molecule has 23 heavy (non-hydrogen) atoms. The first-order chi connectivity index (χ1) is 10.7. The van der Waals surface area contributed by atoms with Crippen molar-refractivity contribution in [3.63, 3.8) is 0 Å². The van der Waals surface area contributed by atoms with Gasteiger partial charge in [0.15, 0.2) is 0 Å². The Morgan fingerprint density at radius 2 is 1.43 bits per heavy atom. The number of hydrogen-bond donors (Lipinski definition) is 1. The summed E-state index contributed by atoms with van der Waals surface area (Å²) >= 11 is 11.6. The first-order valence-electron chi connectivity index (χ1n) is 7.18. The molecule has 0 heterocycles. The third-order valence-corrected chi connectivity index (χ3v) is 3.69. The van der Waals surface area contributed by atoms with Gasteiger partial charge in [0.05, 0.1) is 0 Å². The third-order valence-electron chi connectivity index (χ3n) is 3.35. The maximum atomic E-state index is 12.8. The zero-order valence-electron chi connectivity index (χ0n) is 12.6. The molecule has 0 radical (unpaired) electrons. The summed E-state index contributed by atoms with van der Waals surface area (Å²) in [5.74, 6) is 0.920. The van der Waals surface area contributed by atoms with Crippen molar-refractivity contribution in [1.82, 2.24) is 0 Å². The van der Waals surface area contributed by atoms with Gasteiger partial charge in [-0.15, -0.1) is 35.6 Å². The van der Waals surface area contributed by atoms with E-state index in [9.17, 15) is 4.39 Å². The molecular formula is C17H20Cl3FN2. The molecular weight excluding hydrogens is 358 g/mol. The molecule has 0 bridgehead atoms. The number of benzene rings is 2. The van der Waals surface area contributed by atoms with Crippen molar-refractivity contribution in [1.29, 1.82) is 0 Å². The van der Waals surface area contributed by atoms with Gasteiger partial charge in [0.1, 0.15) is 5.82 Å². The van der Waals surface area contributed by atoms with Gasteiger partial charge in [-0.05, 0) is 42.0 Å². The zero-order valence-corrected chi connectivity index (χ0v) is 15.0. The van der Waals surface area contributed by atoms with Gasteiger partial charge >= 0.3 is 0 Å². The molecule has 0 spiro atoms. The minimum Gasteiger partial charge on any atom is -0.381 e. The number of alkyl halides is 2. The second-order valence-electron chi connectivity index (χ2n) is 4.89. The van der Waals surface area contributed by atoms with Crippen molar-refractivity contribution in [3.05, 3.63) is 59.9 Å². The number of halogens is 4. The molecule has 2 aromatic rings. The molecule has 0 aliphatic heterocycles. The molecule has 0 aliphatic rings. The molecule has 6 heteroatoms. The first kappa shape index (κ1) is 19.9. The van der Waals surface area contributed by atoms with E-state index in [1.807, 2.05) is 0 Å². The van der Waals surface area contributed by atoms with Crippen molar-refractivity contribution in [2.24, 2.45) is 0 Å². The Labute approximate surface area is 153 Å². The number of nitrogens with zero attached hydrogens (tertiary/aromatic N) is 1. The van der Waals surface area contributed by atoms with Crippen LogP contribution in [-0.2, 0) is 6.54 Å². The van der Waals surface area contributed by atoms with Crippen LogP contribution in [0.1, 0.15) is 5.56 Å². The normalized spacial score (nSPS) is 10.0. The van der Waals surface area contributed by atoms with Crippen LogP contribution in [0.2, 0.25) is 0 Å². The maximum Gasteiger partial charge on any atom is 0.123 e. The van der Waals surface area contributed by atoms with Crippen molar-refractivity contribution in [2.45, 2.75) is 6.54 Å². The molecule has 126 valence electrons. The van der Waals surface area contributed by atoms with E-state index in [0.29, 0.717) is 18.3 Å². The monoisotopic (exact) mass is 376 g/mol. The molecule has 2 rings (SSSR count). The van der Waals surface area contributed by atoms with Crippen LogP contribution in [0.5, 0.6) is 0 Å². The summed E-state index contributed by atoms with van der Waals surface area (Å²) in [6.07, 6.45) is 0. The second-order valence-corrected chi connectivity index (χ2v) is 5.65. The standard InChI is InChI=1S/C17H19Cl2FN2.ClH/c18-9-11-22(12-10-19)17-7-1-14(2-8-17)13-21-16-5-3-15(20)4-6-16;/h1-8,21H,9-13H2;1H. The molecule has 0 aromatic heterocycles. The van der Waals surface area contributed by atoms with E-state index in [-0.39, 0.29) is 18.2 Å². The Bertz CT molecular complexity index is 555. The van der Waals surface area contributed by atoms with Gasteiger partial charge in [-0.3, -0.25) is 0 Å². The van der Waals surface area contributed by atoms with Crippen LogP contribution < -0.4 is 10.2 Å². The number of nitrogens with one attached hydrogen (secondary N) is 1. The Kier molecular flexibility index (Phi) is 9.15. The van der Waals surface area contributed by atoms with Crippen LogP contribution >= 0.6 is 35.6 Å². The Balaban J connectivity index is 0.00000264. The van der Waals surface area contributed by atoms with Gasteiger partial charge in [-0.2, -0.15) is 0 Å². The fourth-order valence-corrected chi connectivity index (χ4v) is 2.58. The van der Waals surface area contributed by atoms with Crippen LogP contribution in [0, 0.1) is 5.82 Å². The molecule has 2 nitrogen and oxygen atoms in total. The fraction of sp³-hybridized carbons (Fsp3) is 0.294. The average molecular weight is 378 g/mol. The van der Waals surface area contributed by atoms with E-state index in [1.54, 1.807) is 12.1 Å². The summed E-state index contributed by atoms with van der Waals surface area (Å²) in [7, 11) is 0. The van der Waals surface area contributed by atoms with E-state index in [2.05, 4.69) is 34.5 Å². The molecule has 0 atom stereocenters. The minimum atomic E-state index is -0.228. The van der Waals surface area contributed by atoms with Crippen LogP contribution in [0.4, 0.5) is 15.8 Å². The van der Waals surface area contributed by atoms with Crippen LogP contribution in [-0.4, -0.2) is 24.8 Å². The highest BCUT2D eigenvalue weighted by Crippen LogP contribution is 2.17. The zero-order chi connectivity index (χ0) is 15.8. The summed E-state index contributed by atoms with van der Waals surface area (Å²) in [5.41, 5.74) is 3.17. The smallest absolute Gasteiger partial charge is 0.123 e. The van der Waals surface area contributed by atoms with Crippen LogP contribution in [0.3, 0.4) is 0 Å². The number of rotatable bonds is 8. The number of anilines is 2. The largest absolute Gasteiger partial charge is 0.381 e. The topological polar surface area (TPSA) is 15.3 Å². The molecule has 0 unspecified atom stereocenters. The lowest BCUT2D eigenvalue weighted by Crippen LogP contribution is -2.27. The maximum absolute atomic E-state index is 12.8. The van der Waals surface area contributed by atoms with Gasteiger partial charge in [0.2, 0.25) is 0 Å². The lowest BCUT2D eigenvalue weighted by atomic mass is 10.2. The van der Waals surface area contributed by atoms with E-state index in [0.717, 1.165) is 30.0 Å². The molecule has 0 amide bonds. The fourth-order valence-electron chi connectivity index (χ4n) is 2.17. The van der Waals surface area contributed by atoms with Gasteiger partial charge in [-0.25, -0.2) is 4.39 Å². The van der Waals surface area contributed by atoms with E-state index >= 15 is 0 Å². The highest BCUT2D eigenvalue weighted by molar-refractivity contribution is 6.18. The molecule has 0 aliphatic carbocycles. The molecule has 0 saturated heterocycles. The van der Waals surface area contributed by atoms with Crippen molar-refractivity contribution >= 4 is 47.0 Å². The third kappa shape index (κ3) is 6.46. The van der Waals surface area contributed by atoms with E-state index < -0.39 is 0 Å². The predicted molar refractivity (Wildman–Crippen MR) is 101 cm³/mol. The lowest BCUT2D eigenvalue weighted by molar-refractivity contribution is 0.628. The van der Waals surface area contributed by atoms with Gasteiger partial charge in [0, 0.05) is 42.8 Å². The van der Waals surface area contributed by atoms with Gasteiger partial charge < -0.3 is 10.2 Å². The Hall–Kier alpha value is -1.16. The average Bonchev–Trinajstić information content (AvgIpc) is 2.55. The second kappa shape index (κ2) is 10.6. The summed E-state index contributed by atoms with van der Waals surface area (Å²) in [4.78, 5) is 2.16. The quantitative estimate of drug-likeness (QED) is 0.640. The minimum absolute atomic E-state index is 0. The van der Waals surface area contributed by atoms with Crippen LogP contribution in [0.15, 0.2) is 48.5 Å². The Morgan fingerprint density at radius 3 is 1.96 bits per heavy atom. The summed E-state index contributed by atoms with van der Waals surface area (Å²) in [5, 5.41) is 3.26. The van der Waals surface area contributed by atoms with Gasteiger partial charge in [0.25, 0.3) is 0 Å². The van der Waals surface area contributed by atoms with Crippen molar-refractivity contribution in [3.8, 4) is 0 Å². The highest BCUT2D eigenvalue weighted by atomic mass is 35.5. The van der Waals surface area contributed by atoms with Crippen molar-refractivity contribution < 1.29 is 4.39 Å². The molecule has 0 fully saturated rings. The Morgan fingerprint density at radius 1 is 0.870 bits per heavy atom. The highest BCUT2D eigenvalue weighted by Gasteiger charge is 2.05. The van der Waals surface area contributed by atoms with Gasteiger partial charge in [-0.1, -0.05) is 12.1 Å².